The van der Waals surface area contributed by atoms with Gasteiger partial charge in [-0.05, 0) is 32.7 Å². The fraction of sp³-hybridized carbons (Fsp3) is 0.889. The molecule has 1 aliphatic rings. The third kappa shape index (κ3) is 2.48. The van der Waals surface area contributed by atoms with Gasteiger partial charge in [-0.2, -0.15) is 0 Å². The average Bonchev–Trinajstić information content (AvgIpc) is 2.48. The molecule has 3 nitrogen and oxygen atoms in total. The summed E-state index contributed by atoms with van der Waals surface area (Å²) in [6.45, 7) is 7.60. The maximum atomic E-state index is 10.1. The zero-order chi connectivity index (χ0) is 8.97. The third-order valence-electron chi connectivity index (χ3n) is 2.54. The molecule has 1 fully saturated rings. The van der Waals surface area contributed by atoms with Gasteiger partial charge in [0.2, 0.25) is 6.41 Å². The first-order chi connectivity index (χ1) is 5.74. The van der Waals surface area contributed by atoms with Gasteiger partial charge >= 0.3 is 0 Å². The van der Waals surface area contributed by atoms with E-state index in [1.165, 1.54) is 13.0 Å². The molecule has 0 spiro atoms. The number of carbonyl (C=O) groups is 1. The molecule has 3 heteroatoms. The number of amides is 1. The van der Waals surface area contributed by atoms with Crippen LogP contribution in [-0.4, -0.2) is 37.0 Å². The second kappa shape index (κ2) is 4.45. The lowest BCUT2D eigenvalue weighted by molar-refractivity contribution is -0.109. The van der Waals surface area contributed by atoms with Gasteiger partial charge in [-0.1, -0.05) is 0 Å². The van der Waals surface area contributed by atoms with Crippen LogP contribution in [0.2, 0.25) is 0 Å². The molecule has 70 valence electrons. The average molecular weight is 170 g/mol. The summed E-state index contributed by atoms with van der Waals surface area (Å²) in [5.41, 5.74) is 0. The van der Waals surface area contributed by atoms with Crippen LogP contribution in [0.15, 0.2) is 0 Å². The van der Waals surface area contributed by atoms with E-state index in [1.807, 2.05) is 0 Å². The molecule has 1 rings (SSSR count). The maximum Gasteiger partial charge on any atom is 0.207 e. The second-order valence-electron chi connectivity index (χ2n) is 3.77. The highest BCUT2D eigenvalue weighted by Gasteiger charge is 2.23. The van der Waals surface area contributed by atoms with Crippen molar-refractivity contribution in [2.45, 2.75) is 26.3 Å². The Kier molecular flexibility index (Phi) is 3.53. The lowest BCUT2D eigenvalue weighted by Gasteiger charge is -2.19. The van der Waals surface area contributed by atoms with E-state index in [4.69, 9.17) is 0 Å². The lowest BCUT2D eigenvalue weighted by Crippen LogP contribution is -2.30. The van der Waals surface area contributed by atoms with Crippen molar-refractivity contribution in [3.8, 4) is 0 Å². The first kappa shape index (κ1) is 9.52. The molecule has 0 aliphatic carbocycles. The van der Waals surface area contributed by atoms with E-state index in [-0.39, 0.29) is 0 Å². The van der Waals surface area contributed by atoms with Gasteiger partial charge in [-0.15, -0.1) is 0 Å². The molecular weight excluding hydrogens is 152 g/mol. The molecule has 1 saturated heterocycles. The number of hydrogen-bond donors (Lipinski definition) is 1. The van der Waals surface area contributed by atoms with Crippen molar-refractivity contribution >= 4 is 6.41 Å². The van der Waals surface area contributed by atoms with E-state index in [9.17, 15) is 4.79 Å². The molecule has 0 saturated carbocycles. The minimum absolute atomic E-state index is 0.645. The Bertz CT molecular complexity index is 147. The van der Waals surface area contributed by atoms with Gasteiger partial charge in [0.1, 0.15) is 0 Å². The van der Waals surface area contributed by atoms with Gasteiger partial charge in [0.15, 0.2) is 0 Å². The van der Waals surface area contributed by atoms with Crippen LogP contribution in [0.4, 0.5) is 0 Å². The normalized spacial score (nSPS) is 24.8. The van der Waals surface area contributed by atoms with E-state index in [1.54, 1.807) is 0 Å². The molecule has 1 aliphatic heterocycles. The van der Waals surface area contributed by atoms with E-state index < -0.39 is 0 Å². The summed E-state index contributed by atoms with van der Waals surface area (Å²) < 4.78 is 0. The highest BCUT2D eigenvalue weighted by atomic mass is 16.1. The molecule has 0 aromatic carbocycles. The van der Waals surface area contributed by atoms with Crippen LogP contribution in [0.5, 0.6) is 0 Å². The van der Waals surface area contributed by atoms with Gasteiger partial charge in [0.25, 0.3) is 0 Å². The molecule has 1 N–H and O–H groups in total. The Hall–Kier alpha value is -0.570. The lowest BCUT2D eigenvalue weighted by atomic mass is 10.1. The number of rotatable bonds is 4. The molecule has 0 bridgehead atoms. The summed E-state index contributed by atoms with van der Waals surface area (Å²) in [7, 11) is 0. The van der Waals surface area contributed by atoms with Gasteiger partial charge < -0.3 is 10.2 Å². The SMILES string of the molecule is CC(C)N1CC[C@@H](CNC=O)C1. The van der Waals surface area contributed by atoms with E-state index in [0.717, 1.165) is 19.5 Å². The minimum atomic E-state index is 0.645. The quantitative estimate of drug-likeness (QED) is 0.622. The highest BCUT2D eigenvalue weighted by molar-refractivity contribution is 5.45. The Morgan fingerprint density at radius 1 is 1.67 bits per heavy atom. The van der Waals surface area contributed by atoms with E-state index >= 15 is 0 Å². The molecule has 0 aromatic heterocycles. The first-order valence-electron chi connectivity index (χ1n) is 4.65. The fourth-order valence-electron chi connectivity index (χ4n) is 1.71. The molecule has 1 heterocycles. The number of carbonyl (C=O) groups excluding carboxylic acids is 1. The zero-order valence-electron chi connectivity index (χ0n) is 7.92. The van der Waals surface area contributed by atoms with Gasteiger partial charge in [-0.3, -0.25) is 4.79 Å². The van der Waals surface area contributed by atoms with Crippen LogP contribution in [0.25, 0.3) is 0 Å². The van der Waals surface area contributed by atoms with E-state index in [0.29, 0.717) is 12.0 Å². The van der Waals surface area contributed by atoms with Crippen molar-refractivity contribution in [3.05, 3.63) is 0 Å². The minimum Gasteiger partial charge on any atom is -0.358 e. The second-order valence-corrected chi connectivity index (χ2v) is 3.77. The number of hydrogen-bond acceptors (Lipinski definition) is 2. The van der Waals surface area contributed by atoms with Crippen LogP contribution in [0.1, 0.15) is 20.3 Å². The van der Waals surface area contributed by atoms with Gasteiger partial charge in [-0.25, -0.2) is 0 Å². The number of nitrogens with one attached hydrogen (secondary N) is 1. The van der Waals surface area contributed by atoms with Crippen molar-refractivity contribution in [1.82, 2.24) is 10.2 Å². The first-order valence-corrected chi connectivity index (χ1v) is 4.65. The monoisotopic (exact) mass is 170 g/mol. The van der Waals surface area contributed by atoms with Crippen LogP contribution in [0, 0.1) is 5.92 Å². The summed E-state index contributed by atoms with van der Waals surface area (Å²) >= 11 is 0. The predicted molar refractivity (Wildman–Crippen MR) is 48.9 cm³/mol. The largest absolute Gasteiger partial charge is 0.358 e. The van der Waals surface area contributed by atoms with Crippen LogP contribution in [-0.2, 0) is 4.79 Å². The topological polar surface area (TPSA) is 32.3 Å². The summed E-state index contributed by atoms with van der Waals surface area (Å²) in [5.74, 6) is 0.664. The summed E-state index contributed by atoms with van der Waals surface area (Å²) in [5, 5.41) is 2.74. The smallest absolute Gasteiger partial charge is 0.207 e. The number of likely N-dealkylation sites (tertiary alicyclic amines) is 1. The van der Waals surface area contributed by atoms with Gasteiger partial charge in [0, 0.05) is 19.1 Å². The van der Waals surface area contributed by atoms with Crippen LogP contribution >= 0.6 is 0 Å². The molecule has 1 amide bonds. The highest BCUT2D eigenvalue weighted by Crippen LogP contribution is 2.17. The fourth-order valence-corrected chi connectivity index (χ4v) is 1.71. The predicted octanol–water partition coefficient (Wildman–Crippen LogP) is 0.463. The van der Waals surface area contributed by atoms with Gasteiger partial charge in [0.05, 0.1) is 0 Å². The standard InChI is InChI=1S/C9H18N2O/c1-8(2)11-4-3-9(6-11)5-10-7-12/h7-9H,3-6H2,1-2H3,(H,10,12)/t9-/m0/s1. The molecular formula is C9H18N2O. The molecule has 12 heavy (non-hydrogen) atoms. The Morgan fingerprint density at radius 3 is 2.92 bits per heavy atom. The van der Waals surface area contributed by atoms with Crippen molar-refractivity contribution in [1.29, 1.82) is 0 Å². The zero-order valence-corrected chi connectivity index (χ0v) is 7.92. The molecule has 0 unspecified atom stereocenters. The third-order valence-corrected chi connectivity index (χ3v) is 2.54. The van der Waals surface area contributed by atoms with Crippen molar-refractivity contribution in [2.75, 3.05) is 19.6 Å². The van der Waals surface area contributed by atoms with Crippen molar-refractivity contribution in [2.24, 2.45) is 5.92 Å². The molecule has 0 aromatic rings. The number of nitrogens with zero attached hydrogens (tertiary/aromatic N) is 1. The van der Waals surface area contributed by atoms with Crippen LogP contribution in [0.3, 0.4) is 0 Å². The Balaban J connectivity index is 2.21. The summed E-state index contributed by atoms with van der Waals surface area (Å²) in [4.78, 5) is 12.5. The Morgan fingerprint density at radius 2 is 2.42 bits per heavy atom. The Labute approximate surface area is 74.1 Å². The molecule has 1 atom stereocenters. The van der Waals surface area contributed by atoms with Crippen LogP contribution < -0.4 is 5.32 Å². The van der Waals surface area contributed by atoms with Crippen molar-refractivity contribution < 1.29 is 4.79 Å². The summed E-state index contributed by atoms with van der Waals surface area (Å²) in [6, 6.07) is 0.645. The van der Waals surface area contributed by atoms with E-state index in [2.05, 4.69) is 24.1 Å². The maximum absolute atomic E-state index is 10.1. The van der Waals surface area contributed by atoms with Crippen molar-refractivity contribution in [3.63, 3.8) is 0 Å². The molecule has 0 radical (unpaired) electrons. The summed E-state index contributed by atoms with van der Waals surface area (Å²) in [6.07, 6.45) is 2.01.